The minimum Gasteiger partial charge on any atom is -0.314 e. The van der Waals surface area contributed by atoms with E-state index in [-0.39, 0.29) is 0 Å². The van der Waals surface area contributed by atoms with E-state index in [0.717, 1.165) is 13.0 Å². The van der Waals surface area contributed by atoms with Gasteiger partial charge in [-0.05, 0) is 38.8 Å². The normalized spacial score (nSPS) is 12.8. The van der Waals surface area contributed by atoms with E-state index >= 15 is 0 Å². The van der Waals surface area contributed by atoms with Crippen LogP contribution in [-0.2, 0) is 6.42 Å². The molecule has 0 aliphatic carbocycles. The zero-order valence-corrected chi connectivity index (χ0v) is 9.51. The molecule has 0 spiro atoms. The van der Waals surface area contributed by atoms with Crippen LogP contribution in [0.15, 0.2) is 24.3 Å². The molecule has 0 aliphatic heterocycles. The van der Waals surface area contributed by atoms with Crippen molar-refractivity contribution in [3.63, 3.8) is 0 Å². The third-order valence-corrected chi connectivity index (χ3v) is 2.41. The molecule has 14 heavy (non-hydrogen) atoms. The van der Waals surface area contributed by atoms with Gasteiger partial charge in [0.2, 0.25) is 0 Å². The quantitative estimate of drug-likeness (QED) is 0.754. The highest BCUT2D eigenvalue weighted by Crippen LogP contribution is 2.05. The van der Waals surface area contributed by atoms with Gasteiger partial charge in [0.05, 0.1) is 0 Å². The Hall–Kier alpha value is -0.820. The smallest absolute Gasteiger partial charge is 0.00791 e. The van der Waals surface area contributed by atoms with Crippen molar-refractivity contribution >= 4 is 0 Å². The number of hydrogen-bond acceptors (Lipinski definition) is 1. The van der Waals surface area contributed by atoms with E-state index in [2.05, 4.69) is 50.4 Å². The van der Waals surface area contributed by atoms with Crippen LogP contribution in [0, 0.1) is 6.92 Å². The van der Waals surface area contributed by atoms with Gasteiger partial charge in [-0.25, -0.2) is 0 Å². The lowest BCUT2D eigenvalue weighted by Crippen LogP contribution is -2.28. The van der Waals surface area contributed by atoms with Crippen molar-refractivity contribution in [2.45, 2.75) is 39.7 Å². The van der Waals surface area contributed by atoms with Gasteiger partial charge in [0.15, 0.2) is 0 Å². The molecule has 0 saturated carbocycles. The number of nitrogens with one attached hydrogen (secondary N) is 1. The molecule has 0 heterocycles. The van der Waals surface area contributed by atoms with Crippen molar-refractivity contribution in [2.75, 3.05) is 6.54 Å². The fourth-order valence-corrected chi connectivity index (χ4v) is 1.54. The summed E-state index contributed by atoms with van der Waals surface area (Å²) in [6, 6.07) is 9.39. The average molecular weight is 191 g/mol. The minimum absolute atomic E-state index is 0.581. The summed E-state index contributed by atoms with van der Waals surface area (Å²) in [5, 5.41) is 3.50. The van der Waals surface area contributed by atoms with Gasteiger partial charge in [-0.1, -0.05) is 36.8 Å². The fraction of sp³-hybridized carbons (Fsp3) is 0.538. The first kappa shape index (κ1) is 11.3. The van der Waals surface area contributed by atoms with Crippen molar-refractivity contribution in [2.24, 2.45) is 0 Å². The molecule has 0 saturated heterocycles. The van der Waals surface area contributed by atoms with E-state index in [9.17, 15) is 0 Å². The number of rotatable bonds is 5. The Morgan fingerprint density at radius 3 is 2.43 bits per heavy atom. The zero-order chi connectivity index (χ0) is 10.4. The number of benzene rings is 1. The Balaban J connectivity index is 2.39. The highest BCUT2D eigenvalue weighted by molar-refractivity contribution is 5.21. The highest BCUT2D eigenvalue weighted by Gasteiger charge is 2.01. The monoisotopic (exact) mass is 191 g/mol. The molecule has 1 atom stereocenters. The molecule has 1 rings (SSSR count). The molecular weight excluding hydrogens is 170 g/mol. The first-order valence-electron chi connectivity index (χ1n) is 5.51. The van der Waals surface area contributed by atoms with E-state index in [4.69, 9.17) is 0 Å². The summed E-state index contributed by atoms with van der Waals surface area (Å²) in [5.74, 6) is 0. The van der Waals surface area contributed by atoms with E-state index in [1.54, 1.807) is 0 Å². The molecule has 1 unspecified atom stereocenters. The van der Waals surface area contributed by atoms with Gasteiger partial charge >= 0.3 is 0 Å². The summed E-state index contributed by atoms with van der Waals surface area (Å²) < 4.78 is 0. The van der Waals surface area contributed by atoms with E-state index in [1.165, 1.54) is 17.5 Å². The van der Waals surface area contributed by atoms with Crippen molar-refractivity contribution in [1.29, 1.82) is 0 Å². The van der Waals surface area contributed by atoms with Crippen LogP contribution in [0.3, 0.4) is 0 Å². The molecule has 1 aromatic carbocycles. The maximum Gasteiger partial charge on any atom is 0.00791 e. The summed E-state index contributed by atoms with van der Waals surface area (Å²) >= 11 is 0. The zero-order valence-electron chi connectivity index (χ0n) is 9.51. The van der Waals surface area contributed by atoms with Gasteiger partial charge in [0.1, 0.15) is 0 Å². The van der Waals surface area contributed by atoms with Crippen LogP contribution < -0.4 is 5.32 Å². The van der Waals surface area contributed by atoms with Crippen LogP contribution in [0.5, 0.6) is 0 Å². The second-order valence-corrected chi connectivity index (χ2v) is 4.04. The Morgan fingerprint density at radius 2 is 1.86 bits per heavy atom. The lowest BCUT2D eigenvalue weighted by Gasteiger charge is -2.13. The third kappa shape index (κ3) is 3.93. The molecule has 1 N–H and O–H groups in total. The molecule has 1 nitrogen and oxygen atoms in total. The molecule has 78 valence electrons. The van der Waals surface area contributed by atoms with Crippen LogP contribution in [0.25, 0.3) is 0 Å². The van der Waals surface area contributed by atoms with Gasteiger partial charge in [-0.2, -0.15) is 0 Å². The summed E-state index contributed by atoms with van der Waals surface area (Å²) in [5.41, 5.74) is 2.76. The molecule has 0 bridgehead atoms. The number of aryl methyl sites for hydroxylation is 1. The second-order valence-electron chi connectivity index (χ2n) is 4.04. The lowest BCUT2D eigenvalue weighted by molar-refractivity contribution is 0.543. The van der Waals surface area contributed by atoms with Gasteiger partial charge < -0.3 is 5.32 Å². The molecule has 1 heteroatoms. The van der Waals surface area contributed by atoms with Crippen molar-refractivity contribution in [1.82, 2.24) is 5.32 Å². The number of hydrogen-bond donors (Lipinski definition) is 1. The maximum absolute atomic E-state index is 3.50. The predicted octanol–water partition coefficient (Wildman–Crippen LogP) is 2.93. The fourth-order valence-electron chi connectivity index (χ4n) is 1.54. The van der Waals surface area contributed by atoms with Crippen molar-refractivity contribution in [3.8, 4) is 0 Å². The maximum atomic E-state index is 3.50. The largest absolute Gasteiger partial charge is 0.314 e. The first-order chi connectivity index (χ1) is 6.72. The topological polar surface area (TPSA) is 12.0 Å². The Bertz CT molecular complexity index is 250. The second kappa shape index (κ2) is 5.82. The van der Waals surface area contributed by atoms with E-state index in [0.29, 0.717) is 6.04 Å². The molecule has 0 fully saturated rings. The van der Waals surface area contributed by atoms with Gasteiger partial charge in [0, 0.05) is 6.04 Å². The van der Waals surface area contributed by atoms with Gasteiger partial charge in [-0.3, -0.25) is 0 Å². The highest BCUT2D eigenvalue weighted by atomic mass is 14.9. The Kier molecular flexibility index (Phi) is 4.68. The van der Waals surface area contributed by atoms with Crippen molar-refractivity contribution in [3.05, 3.63) is 35.4 Å². The molecule has 1 aromatic rings. The molecule has 0 aliphatic rings. The Labute approximate surface area is 87.5 Å². The third-order valence-electron chi connectivity index (χ3n) is 2.41. The Morgan fingerprint density at radius 1 is 1.21 bits per heavy atom. The predicted molar refractivity (Wildman–Crippen MR) is 62.6 cm³/mol. The van der Waals surface area contributed by atoms with Crippen LogP contribution in [0.1, 0.15) is 31.4 Å². The van der Waals surface area contributed by atoms with Gasteiger partial charge in [0.25, 0.3) is 0 Å². The van der Waals surface area contributed by atoms with Crippen LogP contribution in [0.2, 0.25) is 0 Å². The van der Waals surface area contributed by atoms with E-state index in [1.807, 2.05) is 0 Å². The summed E-state index contributed by atoms with van der Waals surface area (Å²) in [4.78, 5) is 0. The van der Waals surface area contributed by atoms with Crippen LogP contribution in [-0.4, -0.2) is 12.6 Å². The van der Waals surface area contributed by atoms with E-state index < -0.39 is 0 Å². The summed E-state index contributed by atoms with van der Waals surface area (Å²) in [6.07, 6.45) is 2.33. The standard InChI is InChI=1S/C13H21N/c1-4-9-14-12(3)10-13-7-5-11(2)6-8-13/h5-8,12,14H,4,9-10H2,1-3H3. The SMILES string of the molecule is CCCNC(C)Cc1ccc(C)cc1. The average Bonchev–Trinajstić information content (AvgIpc) is 2.18. The molecular formula is C13H21N. The summed E-state index contributed by atoms with van der Waals surface area (Å²) in [6.45, 7) is 7.69. The molecule has 0 amide bonds. The van der Waals surface area contributed by atoms with Crippen molar-refractivity contribution < 1.29 is 0 Å². The summed E-state index contributed by atoms with van der Waals surface area (Å²) in [7, 11) is 0. The minimum atomic E-state index is 0.581. The van der Waals surface area contributed by atoms with Gasteiger partial charge in [-0.15, -0.1) is 0 Å². The van der Waals surface area contributed by atoms with Crippen LogP contribution >= 0.6 is 0 Å². The lowest BCUT2D eigenvalue weighted by atomic mass is 10.1. The molecule has 0 aromatic heterocycles. The first-order valence-corrected chi connectivity index (χ1v) is 5.51. The molecule has 0 radical (unpaired) electrons. The van der Waals surface area contributed by atoms with Crippen LogP contribution in [0.4, 0.5) is 0 Å².